The van der Waals surface area contributed by atoms with Crippen molar-refractivity contribution in [3.05, 3.63) is 88.9 Å². The Balaban J connectivity index is 1.59. The fourth-order valence-electron chi connectivity index (χ4n) is 3.07. The van der Waals surface area contributed by atoms with Crippen LogP contribution in [0.15, 0.2) is 78.0 Å². The van der Waals surface area contributed by atoms with Crippen LogP contribution in [0.4, 0.5) is 5.69 Å². The third-order valence-electron chi connectivity index (χ3n) is 4.80. The molecular formula is C25H21ClN4OS. The molecule has 0 saturated heterocycles. The maximum absolute atomic E-state index is 12.4. The number of carbonyl (C=O) groups excluding carboxylic acids is 1. The van der Waals surface area contributed by atoms with Crippen LogP contribution in [0.3, 0.4) is 0 Å². The van der Waals surface area contributed by atoms with E-state index in [1.54, 1.807) is 12.1 Å². The van der Waals surface area contributed by atoms with Crippen LogP contribution in [0.2, 0.25) is 5.02 Å². The number of nitrogens with one attached hydrogen (secondary N) is 1. The minimum absolute atomic E-state index is 0.143. The Labute approximate surface area is 196 Å². The fraction of sp³-hybridized carbons (Fsp3) is 0.120. The zero-order valence-corrected chi connectivity index (χ0v) is 19.2. The predicted octanol–water partition coefficient (Wildman–Crippen LogP) is 6.21. The van der Waals surface area contributed by atoms with Crippen molar-refractivity contribution in [3.8, 4) is 22.5 Å². The molecule has 3 aromatic carbocycles. The zero-order chi connectivity index (χ0) is 22.5. The summed E-state index contributed by atoms with van der Waals surface area (Å²) in [7, 11) is 0. The monoisotopic (exact) mass is 460 g/mol. The molecule has 5 nitrogen and oxygen atoms in total. The van der Waals surface area contributed by atoms with Crippen molar-refractivity contribution in [1.82, 2.24) is 15.2 Å². The molecule has 4 aromatic rings. The number of aryl methyl sites for hydroxylation is 2. The van der Waals surface area contributed by atoms with Gasteiger partial charge in [0.05, 0.1) is 16.5 Å². The van der Waals surface area contributed by atoms with Crippen LogP contribution in [0.25, 0.3) is 22.5 Å². The molecule has 7 heteroatoms. The number of thioether (sulfide) groups is 1. The van der Waals surface area contributed by atoms with Gasteiger partial charge in [0.2, 0.25) is 11.1 Å². The van der Waals surface area contributed by atoms with Crippen LogP contribution in [-0.2, 0) is 4.79 Å². The highest BCUT2D eigenvalue weighted by Crippen LogP contribution is 2.30. The molecule has 0 aliphatic rings. The molecule has 0 radical (unpaired) electrons. The van der Waals surface area contributed by atoms with E-state index < -0.39 is 0 Å². The van der Waals surface area contributed by atoms with E-state index in [-0.39, 0.29) is 11.7 Å². The van der Waals surface area contributed by atoms with Gasteiger partial charge in [-0.05, 0) is 26.0 Å². The van der Waals surface area contributed by atoms with E-state index in [4.69, 9.17) is 16.6 Å². The van der Waals surface area contributed by atoms with Crippen LogP contribution in [0, 0.1) is 13.8 Å². The number of rotatable bonds is 6. The van der Waals surface area contributed by atoms with Gasteiger partial charge >= 0.3 is 0 Å². The number of anilines is 1. The SMILES string of the molecule is Cc1ccc(-c2nnc(SCC(=O)Nc3ccccc3Cl)nc2-c2ccc(C)cc2)cc1. The smallest absolute Gasteiger partial charge is 0.234 e. The van der Waals surface area contributed by atoms with E-state index in [0.29, 0.717) is 21.6 Å². The molecule has 0 fully saturated rings. The molecule has 0 atom stereocenters. The topological polar surface area (TPSA) is 67.8 Å². The van der Waals surface area contributed by atoms with Gasteiger partial charge in [-0.25, -0.2) is 4.98 Å². The van der Waals surface area contributed by atoms with Gasteiger partial charge in [-0.2, -0.15) is 0 Å². The number of carbonyl (C=O) groups is 1. The Kier molecular flexibility index (Phi) is 6.83. The van der Waals surface area contributed by atoms with Crippen LogP contribution in [0.5, 0.6) is 0 Å². The van der Waals surface area contributed by atoms with Gasteiger partial charge in [-0.3, -0.25) is 4.79 Å². The molecular weight excluding hydrogens is 440 g/mol. The summed E-state index contributed by atoms with van der Waals surface area (Å²) < 4.78 is 0. The lowest BCUT2D eigenvalue weighted by Crippen LogP contribution is -2.14. The molecule has 0 unspecified atom stereocenters. The summed E-state index contributed by atoms with van der Waals surface area (Å²) in [6.45, 7) is 4.09. The van der Waals surface area contributed by atoms with Crippen molar-refractivity contribution >= 4 is 35.0 Å². The zero-order valence-electron chi connectivity index (χ0n) is 17.7. The Bertz CT molecular complexity index is 1240. The Morgan fingerprint density at radius 1 is 0.844 bits per heavy atom. The van der Waals surface area contributed by atoms with Crippen LogP contribution in [-0.4, -0.2) is 26.8 Å². The fourth-order valence-corrected chi connectivity index (χ4v) is 3.84. The summed E-state index contributed by atoms with van der Waals surface area (Å²) >= 11 is 7.35. The van der Waals surface area contributed by atoms with Crippen molar-refractivity contribution in [2.75, 3.05) is 11.1 Å². The minimum atomic E-state index is -0.189. The maximum Gasteiger partial charge on any atom is 0.234 e. The first kappa shape index (κ1) is 22.0. The summed E-state index contributed by atoms with van der Waals surface area (Å²) in [5.74, 6) is -0.0457. The highest BCUT2D eigenvalue weighted by Gasteiger charge is 2.15. The van der Waals surface area contributed by atoms with E-state index in [2.05, 4.69) is 15.5 Å². The Morgan fingerprint density at radius 2 is 1.44 bits per heavy atom. The van der Waals surface area contributed by atoms with Crippen molar-refractivity contribution in [1.29, 1.82) is 0 Å². The van der Waals surface area contributed by atoms with Gasteiger partial charge in [-0.1, -0.05) is 95.2 Å². The normalized spacial score (nSPS) is 10.7. The maximum atomic E-state index is 12.4. The first-order valence-corrected chi connectivity index (χ1v) is 11.4. The average Bonchev–Trinajstić information content (AvgIpc) is 2.80. The number of para-hydroxylation sites is 1. The van der Waals surface area contributed by atoms with Gasteiger partial charge in [0.15, 0.2) is 0 Å². The molecule has 0 aliphatic heterocycles. The lowest BCUT2D eigenvalue weighted by atomic mass is 10.0. The van der Waals surface area contributed by atoms with Crippen molar-refractivity contribution in [2.24, 2.45) is 0 Å². The van der Waals surface area contributed by atoms with Crippen LogP contribution < -0.4 is 5.32 Å². The number of benzene rings is 3. The molecule has 0 bridgehead atoms. The largest absolute Gasteiger partial charge is 0.324 e. The molecule has 1 aromatic heterocycles. The van der Waals surface area contributed by atoms with E-state index in [9.17, 15) is 4.79 Å². The lowest BCUT2D eigenvalue weighted by molar-refractivity contribution is -0.113. The molecule has 160 valence electrons. The Hall–Kier alpha value is -3.22. The number of amides is 1. The lowest BCUT2D eigenvalue weighted by Gasteiger charge is -2.10. The second-order valence-corrected chi connectivity index (χ2v) is 8.69. The van der Waals surface area contributed by atoms with Gasteiger partial charge in [0, 0.05) is 11.1 Å². The summed E-state index contributed by atoms with van der Waals surface area (Å²) in [6.07, 6.45) is 0. The molecule has 1 N–H and O–H groups in total. The summed E-state index contributed by atoms with van der Waals surface area (Å²) in [6, 6.07) is 23.4. The predicted molar refractivity (Wildman–Crippen MR) is 131 cm³/mol. The van der Waals surface area contributed by atoms with Gasteiger partial charge in [-0.15, -0.1) is 10.2 Å². The van der Waals surface area contributed by atoms with E-state index >= 15 is 0 Å². The van der Waals surface area contributed by atoms with Crippen LogP contribution in [0.1, 0.15) is 11.1 Å². The van der Waals surface area contributed by atoms with E-state index in [1.165, 1.54) is 22.9 Å². The van der Waals surface area contributed by atoms with E-state index in [1.807, 2.05) is 74.5 Å². The second-order valence-electron chi connectivity index (χ2n) is 7.34. The summed E-state index contributed by atoms with van der Waals surface area (Å²) in [5.41, 5.74) is 6.25. The molecule has 0 spiro atoms. The quantitative estimate of drug-likeness (QED) is 0.346. The van der Waals surface area contributed by atoms with E-state index in [0.717, 1.165) is 16.8 Å². The number of hydrogen-bond donors (Lipinski definition) is 1. The number of nitrogens with zero attached hydrogens (tertiary/aromatic N) is 3. The molecule has 0 aliphatic carbocycles. The number of aromatic nitrogens is 3. The summed E-state index contributed by atoms with van der Waals surface area (Å²) in [4.78, 5) is 17.1. The van der Waals surface area contributed by atoms with Crippen molar-refractivity contribution < 1.29 is 4.79 Å². The average molecular weight is 461 g/mol. The highest BCUT2D eigenvalue weighted by atomic mass is 35.5. The first-order chi connectivity index (χ1) is 15.5. The Morgan fingerprint density at radius 3 is 2.06 bits per heavy atom. The molecule has 1 amide bonds. The number of halogens is 1. The summed E-state index contributed by atoms with van der Waals surface area (Å²) in [5, 5.41) is 12.5. The van der Waals surface area contributed by atoms with Crippen molar-refractivity contribution in [2.45, 2.75) is 19.0 Å². The number of hydrogen-bond acceptors (Lipinski definition) is 5. The molecule has 4 rings (SSSR count). The third kappa shape index (κ3) is 5.33. The van der Waals surface area contributed by atoms with Gasteiger partial charge in [0.25, 0.3) is 0 Å². The molecule has 32 heavy (non-hydrogen) atoms. The highest BCUT2D eigenvalue weighted by molar-refractivity contribution is 7.99. The molecule has 1 heterocycles. The van der Waals surface area contributed by atoms with Gasteiger partial charge < -0.3 is 5.32 Å². The standard InChI is InChI=1S/C25H21ClN4OS/c1-16-7-11-18(12-8-16)23-24(19-13-9-17(2)10-14-19)29-30-25(28-23)32-15-22(31)27-21-6-4-3-5-20(21)26/h3-14H,15H2,1-2H3,(H,27,31). The van der Waals surface area contributed by atoms with Crippen molar-refractivity contribution in [3.63, 3.8) is 0 Å². The van der Waals surface area contributed by atoms with Gasteiger partial charge in [0.1, 0.15) is 11.4 Å². The first-order valence-electron chi connectivity index (χ1n) is 10.1. The minimum Gasteiger partial charge on any atom is -0.324 e. The molecule has 0 saturated carbocycles. The van der Waals surface area contributed by atoms with Crippen LogP contribution >= 0.6 is 23.4 Å². The third-order valence-corrected chi connectivity index (χ3v) is 5.96. The second kappa shape index (κ2) is 9.94.